The molecule has 0 bridgehead atoms. The maximum atomic E-state index is 10.8. The predicted molar refractivity (Wildman–Crippen MR) is 101 cm³/mol. The number of hydrogen-bond acceptors (Lipinski definition) is 1. The summed E-state index contributed by atoms with van der Waals surface area (Å²) in [5.41, 5.74) is 3.69. The summed E-state index contributed by atoms with van der Waals surface area (Å²) in [6, 6.07) is 23.6. The minimum atomic E-state index is -0.375. The summed E-state index contributed by atoms with van der Waals surface area (Å²) < 4.78 is 0. The first kappa shape index (κ1) is 14.7. The number of aliphatic hydroxyl groups is 1. The minimum absolute atomic E-state index is 0.183. The van der Waals surface area contributed by atoms with Crippen molar-refractivity contribution in [2.75, 3.05) is 0 Å². The maximum absolute atomic E-state index is 10.8. The standard InChI is InChI=1S/C24H20O/c25-22-12-6-10-17-13-14-20-19-11-5-4-9-18(19)15-21(24(20)23(17)22)16-7-2-1-3-8-16/h1-5,7-11,13-15,21-22,25H,6,12H2/t21-,22+/m0/s1. The van der Waals surface area contributed by atoms with Crippen LogP contribution in [-0.4, -0.2) is 5.11 Å². The molecule has 0 unspecified atom stereocenters. The van der Waals surface area contributed by atoms with E-state index >= 15 is 0 Å². The van der Waals surface area contributed by atoms with Crippen molar-refractivity contribution in [2.24, 2.45) is 0 Å². The Kier molecular flexibility index (Phi) is 3.36. The molecule has 1 heteroatoms. The van der Waals surface area contributed by atoms with Gasteiger partial charge < -0.3 is 5.11 Å². The number of benzene rings is 3. The van der Waals surface area contributed by atoms with Gasteiger partial charge in [-0.1, -0.05) is 78.9 Å². The topological polar surface area (TPSA) is 20.2 Å². The number of rotatable bonds is 1. The van der Waals surface area contributed by atoms with Crippen molar-refractivity contribution in [2.45, 2.75) is 24.9 Å². The molecule has 5 rings (SSSR count). The molecule has 0 saturated heterocycles. The summed E-state index contributed by atoms with van der Waals surface area (Å²) in [6.07, 6.45) is 6.01. The molecule has 0 amide bonds. The molecule has 1 N–H and O–H groups in total. The van der Waals surface area contributed by atoms with Crippen molar-refractivity contribution in [3.8, 4) is 0 Å². The highest BCUT2D eigenvalue weighted by Crippen LogP contribution is 2.35. The summed E-state index contributed by atoms with van der Waals surface area (Å²) >= 11 is 0. The molecule has 0 spiro atoms. The zero-order valence-electron chi connectivity index (χ0n) is 14.0. The Morgan fingerprint density at radius 3 is 2.40 bits per heavy atom. The van der Waals surface area contributed by atoms with Gasteiger partial charge in [0.05, 0.1) is 6.10 Å². The van der Waals surface area contributed by atoms with Crippen LogP contribution in [0.5, 0.6) is 0 Å². The Morgan fingerprint density at radius 2 is 1.52 bits per heavy atom. The largest absolute Gasteiger partial charge is 0.388 e. The third kappa shape index (κ3) is 2.27. The second-order valence-corrected chi connectivity index (χ2v) is 6.97. The average molecular weight is 324 g/mol. The number of fused-ring (bicyclic) bond motifs is 4. The van der Waals surface area contributed by atoms with E-state index < -0.39 is 0 Å². The van der Waals surface area contributed by atoms with E-state index in [0.29, 0.717) is 0 Å². The minimum Gasteiger partial charge on any atom is -0.388 e. The first-order chi connectivity index (χ1) is 12.3. The molecule has 2 aliphatic carbocycles. The molecule has 0 saturated carbocycles. The van der Waals surface area contributed by atoms with Crippen molar-refractivity contribution in [1.29, 1.82) is 0 Å². The molecule has 3 aromatic carbocycles. The zero-order valence-corrected chi connectivity index (χ0v) is 14.0. The van der Waals surface area contributed by atoms with Crippen LogP contribution in [0, 0.1) is 10.4 Å². The van der Waals surface area contributed by atoms with Crippen LogP contribution >= 0.6 is 0 Å². The third-order valence-corrected chi connectivity index (χ3v) is 5.53. The molecule has 2 atom stereocenters. The SMILES string of the molecule is O[C@@H]1CCC=c2ccc3c(c21)[C@H](c1ccccc1)C=c1ccccc1=3. The lowest BCUT2D eigenvalue weighted by Crippen LogP contribution is -2.25. The quantitative estimate of drug-likeness (QED) is 0.726. The zero-order chi connectivity index (χ0) is 16.8. The van der Waals surface area contributed by atoms with Gasteiger partial charge in [0.15, 0.2) is 0 Å². The van der Waals surface area contributed by atoms with Crippen LogP contribution in [-0.2, 0) is 0 Å². The van der Waals surface area contributed by atoms with Crippen LogP contribution in [0.2, 0.25) is 0 Å². The Hall–Kier alpha value is -2.64. The maximum Gasteiger partial charge on any atom is 0.0801 e. The highest BCUT2D eigenvalue weighted by Gasteiger charge is 2.25. The number of hydrogen-bond donors (Lipinski definition) is 1. The summed E-state index contributed by atoms with van der Waals surface area (Å²) in [5, 5.41) is 15.8. The van der Waals surface area contributed by atoms with Crippen molar-refractivity contribution < 1.29 is 5.11 Å². The second-order valence-electron chi connectivity index (χ2n) is 6.97. The highest BCUT2D eigenvalue weighted by atomic mass is 16.3. The van der Waals surface area contributed by atoms with Gasteiger partial charge >= 0.3 is 0 Å². The summed E-state index contributed by atoms with van der Waals surface area (Å²) in [5.74, 6) is 0.183. The Labute approximate surface area is 146 Å². The van der Waals surface area contributed by atoms with E-state index in [2.05, 4.69) is 78.9 Å². The lowest BCUT2D eigenvalue weighted by Gasteiger charge is -2.26. The second kappa shape index (κ2) is 5.72. The van der Waals surface area contributed by atoms with Gasteiger partial charge in [0.25, 0.3) is 0 Å². The first-order valence-corrected chi connectivity index (χ1v) is 9.00. The molecular formula is C24H20O. The highest BCUT2D eigenvalue weighted by molar-refractivity contribution is 5.57. The molecule has 0 heterocycles. The van der Waals surface area contributed by atoms with Gasteiger partial charge in [-0.15, -0.1) is 0 Å². The van der Waals surface area contributed by atoms with Gasteiger partial charge in [-0.2, -0.15) is 0 Å². The molecule has 122 valence electrons. The average Bonchev–Trinajstić information content (AvgIpc) is 2.68. The van der Waals surface area contributed by atoms with Gasteiger partial charge in [-0.05, 0) is 50.4 Å². The van der Waals surface area contributed by atoms with Gasteiger partial charge in [0, 0.05) is 5.92 Å². The molecule has 0 aliphatic heterocycles. The van der Waals surface area contributed by atoms with E-state index in [1.165, 1.54) is 32.0 Å². The molecule has 0 fully saturated rings. The predicted octanol–water partition coefficient (Wildman–Crippen LogP) is 3.51. The van der Waals surface area contributed by atoms with E-state index in [0.717, 1.165) is 18.4 Å². The van der Waals surface area contributed by atoms with Crippen LogP contribution in [0.15, 0.2) is 66.7 Å². The van der Waals surface area contributed by atoms with E-state index in [1.54, 1.807) is 0 Å². The smallest absolute Gasteiger partial charge is 0.0801 e. The fourth-order valence-corrected chi connectivity index (χ4v) is 4.39. The fraction of sp³-hybridized carbons (Fsp3) is 0.167. The van der Waals surface area contributed by atoms with Crippen LogP contribution in [0.3, 0.4) is 0 Å². The molecule has 1 nitrogen and oxygen atoms in total. The molecule has 25 heavy (non-hydrogen) atoms. The monoisotopic (exact) mass is 324 g/mol. The Bertz CT molecular complexity index is 1160. The van der Waals surface area contributed by atoms with E-state index in [9.17, 15) is 5.11 Å². The number of aliphatic hydroxyl groups excluding tert-OH is 1. The fourth-order valence-electron chi connectivity index (χ4n) is 4.39. The van der Waals surface area contributed by atoms with Gasteiger partial charge in [-0.25, -0.2) is 0 Å². The first-order valence-electron chi connectivity index (χ1n) is 9.00. The third-order valence-electron chi connectivity index (χ3n) is 5.53. The van der Waals surface area contributed by atoms with Crippen molar-refractivity contribution in [1.82, 2.24) is 0 Å². The molecule has 2 aliphatic rings. The van der Waals surface area contributed by atoms with Crippen molar-refractivity contribution in [3.63, 3.8) is 0 Å². The summed E-state index contributed by atoms with van der Waals surface area (Å²) in [6.45, 7) is 0. The van der Waals surface area contributed by atoms with Crippen molar-refractivity contribution in [3.05, 3.63) is 104 Å². The van der Waals surface area contributed by atoms with Crippen LogP contribution < -0.4 is 10.4 Å². The van der Waals surface area contributed by atoms with Gasteiger partial charge in [0.2, 0.25) is 0 Å². The van der Waals surface area contributed by atoms with E-state index in [4.69, 9.17) is 0 Å². The van der Waals surface area contributed by atoms with Gasteiger partial charge in [-0.3, -0.25) is 0 Å². The van der Waals surface area contributed by atoms with E-state index in [-0.39, 0.29) is 12.0 Å². The molecular weight excluding hydrogens is 304 g/mol. The summed E-state index contributed by atoms with van der Waals surface area (Å²) in [4.78, 5) is 0. The summed E-state index contributed by atoms with van der Waals surface area (Å²) in [7, 11) is 0. The molecule has 3 aromatic rings. The van der Waals surface area contributed by atoms with Crippen LogP contribution in [0.25, 0.3) is 12.2 Å². The molecule has 0 radical (unpaired) electrons. The Morgan fingerprint density at radius 1 is 0.720 bits per heavy atom. The van der Waals surface area contributed by atoms with Crippen LogP contribution in [0.4, 0.5) is 0 Å². The van der Waals surface area contributed by atoms with E-state index in [1.807, 2.05) is 0 Å². The lowest BCUT2D eigenvalue weighted by atomic mass is 9.79. The van der Waals surface area contributed by atoms with Gasteiger partial charge in [0.1, 0.15) is 0 Å². The van der Waals surface area contributed by atoms with Crippen LogP contribution in [0.1, 0.15) is 41.6 Å². The normalized spacial score (nSPS) is 20.5. The Balaban J connectivity index is 1.97. The molecule has 0 aromatic heterocycles. The lowest BCUT2D eigenvalue weighted by molar-refractivity contribution is 0.165. The van der Waals surface area contributed by atoms with Crippen molar-refractivity contribution >= 4 is 12.2 Å².